The van der Waals surface area contributed by atoms with Gasteiger partial charge in [-0.15, -0.1) is 0 Å². The smallest absolute Gasteiger partial charge is 0.475 e. The molecule has 2 aliphatic rings. The van der Waals surface area contributed by atoms with Gasteiger partial charge in [-0.2, -0.15) is 5.10 Å². The van der Waals surface area contributed by atoms with Crippen molar-refractivity contribution in [3.63, 3.8) is 0 Å². The molecule has 13 nitrogen and oxygen atoms in total. The molecule has 5 heterocycles. The summed E-state index contributed by atoms with van der Waals surface area (Å²) in [6.45, 7) is 24.0. The molecule has 0 atom stereocenters. The third-order valence-electron chi connectivity index (χ3n) is 9.23. The Morgan fingerprint density at radius 3 is 1.65 bits per heavy atom. The molecule has 2 fully saturated rings. The maximum Gasteiger partial charge on any atom is 0.488 e. The highest BCUT2D eigenvalue weighted by atomic mass is 79.9. The summed E-state index contributed by atoms with van der Waals surface area (Å²) in [6, 6.07) is 12.0. The second-order valence-corrected chi connectivity index (χ2v) is 16.1. The van der Waals surface area contributed by atoms with Crippen molar-refractivity contribution in [1.29, 1.82) is 0 Å². The number of nitro benzene ring substituents is 1. The molecule has 1 aromatic carbocycles. The highest BCUT2D eigenvalue weighted by Gasteiger charge is 2.63. The number of fused-ring (bicyclic) bond motifs is 1. The van der Waals surface area contributed by atoms with Crippen molar-refractivity contribution in [3.05, 3.63) is 69.4 Å². The van der Waals surface area contributed by atoms with Crippen LogP contribution in [0.5, 0.6) is 11.8 Å². The zero-order valence-electron chi connectivity index (χ0n) is 32.4. The summed E-state index contributed by atoms with van der Waals surface area (Å²) in [5.74, 6) is 1.16. The summed E-state index contributed by atoms with van der Waals surface area (Å²) in [6.07, 6.45) is 3.54. The largest absolute Gasteiger partial charge is 0.488 e. The molecule has 3 aromatic heterocycles. The number of ether oxygens (including phenoxy) is 2. The Kier molecular flexibility index (Phi) is 12.5. The highest BCUT2D eigenvalue weighted by molar-refractivity contribution is 9.10. The minimum atomic E-state index is -0.476. The fraction of sp³-hybridized carbons (Fsp3) is 0.528. The van der Waals surface area contributed by atoms with E-state index in [-0.39, 0.29) is 40.3 Å². The number of nitrogens with zero attached hydrogens (tertiary/aromatic N) is 5. The van der Waals surface area contributed by atoms with Gasteiger partial charge in [0.2, 0.25) is 11.8 Å². The number of halogens is 1. The molecule has 0 bridgehead atoms. The first-order valence-corrected chi connectivity index (χ1v) is 18.0. The van der Waals surface area contributed by atoms with E-state index in [0.717, 1.165) is 20.9 Å². The summed E-state index contributed by atoms with van der Waals surface area (Å²) in [5, 5.41) is 16.2. The van der Waals surface area contributed by atoms with E-state index in [1.54, 1.807) is 35.3 Å². The third kappa shape index (κ3) is 9.70. The number of rotatable bonds is 7. The quantitative estimate of drug-likeness (QED) is 0.102. The van der Waals surface area contributed by atoms with Gasteiger partial charge in [-0.25, -0.2) is 9.97 Å². The zero-order valence-corrected chi connectivity index (χ0v) is 34.0. The van der Waals surface area contributed by atoms with E-state index < -0.39 is 18.9 Å². The summed E-state index contributed by atoms with van der Waals surface area (Å²) in [4.78, 5) is 18.8. The van der Waals surface area contributed by atoms with Crippen molar-refractivity contribution in [2.24, 2.45) is 7.05 Å². The molecule has 0 N–H and O–H groups in total. The standard InChI is InChI=1S/C16H16N4O3.C12H24B2O4.C8H10BrNO/c1-10(2)23-15-8-11(6-7-17-15)16-13-9-12(20(21)22)4-5-14(13)19(3)18-16;1-9(2)10(3,4)16-13(15-9)14-17-11(5,6)12(7,8)18-14;1-6(2)11-8-5-7(9)3-4-10-8/h4-10H,1-3H3;1-8H3;3-6H,1-2H3. The van der Waals surface area contributed by atoms with Gasteiger partial charge in [-0.1, -0.05) is 15.9 Å². The molecule has 4 aromatic rings. The maximum atomic E-state index is 11.0. The topological polar surface area (TPSA) is 142 Å². The number of pyridine rings is 2. The number of nitro groups is 1. The molecule has 6 rings (SSSR count). The van der Waals surface area contributed by atoms with Gasteiger partial charge in [0.05, 0.1) is 45.1 Å². The van der Waals surface area contributed by atoms with E-state index in [1.165, 1.54) is 6.07 Å². The summed E-state index contributed by atoms with van der Waals surface area (Å²) < 4.78 is 37.5. The van der Waals surface area contributed by atoms with Crippen LogP contribution in [0.25, 0.3) is 22.2 Å². The van der Waals surface area contributed by atoms with Gasteiger partial charge in [0.1, 0.15) is 5.69 Å². The van der Waals surface area contributed by atoms with Gasteiger partial charge >= 0.3 is 14.0 Å². The molecule has 0 unspecified atom stereocenters. The minimum absolute atomic E-state index is 0.0133. The van der Waals surface area contributed by atoms with Crippen LogP contribution in [0.2, 0.25) is 0 Å². The van der Waals surface area contributed by atoms with Crippen molar-refractivity contribution in [3.8, 4) is 23.0 Å². The van der Waals surface area contributed by atoms with Crippen LogP contribution in [0.15, 0.2) is 59.3 Å². The minimum Gasteiger partial charge on any atom is -0.475 e. The van der Waals surface area contributed by atoms with Crippen molar-refractivity contribution >= 4 is 46.5 Å². The van der Waals surface area contributed by atoms with E-state index in [9.17, 15) is 10.1 Å². The van der Waals surface area contributed by atoms with Gasteiger partial charge in [0.15, 0.2) is 0 Å². The summed E-state index contributed by atoms with van der Waals surface area (Å²) in [5.41, 5.74) is 0.905. The van der Waals surface area contributed by atoms with Crippen LogP contribution >= 0.6 is 15.9 Å². The molecule has 280 valence electrons. The van der Waals surface area contributed by atoms with E-state index in [2.05, 4.69) is 31.0 Å². The Bertz CT molecular complexity index is 1800. The molecule has 0 radical (unpaired) electrons. The van der Waals surface area contributed by atoms with Crippen LogP contribution in [0.4, 0.5) is 5.69 Å². The number of benzene rings is 1. The van der Waals surface area contributed by atoms with E-state index in [0.29, 0.717) is 17.5 Å². The summed E-state index contributed by atoms with van der Waals surface area (Å²) >= 11 is 3.33. The lowest BCUT2D eigenvalue weighted by Crippen LogP contribution is -2.41. The Hall–Kier alpha value is -3.56. The molecule has 0 spiro atoms. The van der Waals surface area contributed by atoms with Gasteiger partial charge in [0.25, 0.3) is 5.69 Å². The SMILES string of the molecule is CC(C)Oc1cc(-c2nn(C)c3ccc([N+](=O)[O-])cc23)ccn1.CC(C)Oc1cc(Br)ccn1.CC1(C)OB(B2OC(C)(C)C(C)(C)O2)OC1(C)C. The third-order valence-corrected chi connectivity index (χ3v) is 9.72. The summed E-state index contributed by atoms with van der Waals surface area (Å²) in [7, 11) is 0.858. The van der Waals surface area contributed by atoms with Crippen LogP contribution < -0.4 is 9.47 Å². The average Bonchev–Trinajstić information content (AvgIpc) is 3.55. The molecule has 16 heteroatoms. The van der Waals surface area contributed by atoms with E-state index in [4.69, 9.17) is 28.1 Å². The number of aryl methyl sites for hydroxylation is 1. The van der Waals surface area contributed by atoms with Gasteiger partial charge in [0, 0.05) is 59.1 Å². The Balaban J connectivity index is 0.000000186. The first kappa shape index (κ1) is 41.2. The second kappa shape index (κ2) is 15.8. The zero-order chi connectivity index (χ0) is 38.8. The van der Waals surface area contributed by atoms with Crippen LogP contribution in [0, 0.1) is 10.1 Å². The number of aromatic nitrogens is 4. The highest BCUT2D eigenvalue weighted by Crippen LogP contribution is 2.43. The normalized spacial score (nSPS) is 18.2. The van der Waals surface area contributed by atoms with E-state index in [1.807, 2.05) is 108 Å². The lowest BCUT2D eigenvalue weighted by atomic mass is 9.49. The lowest BCUT2D eigenvalue weighted by molar-refractivity contribution is -0.384. The fourth-order valence-corrected chi connectivity index (χ4v) is 5.45. The van der Waals surface area contributed by atoms with Crippen molar-refractivity contribution in [2.45, 2.75) is 118 Å². The molecular weight excluding hydrogens is 732 g/mol. The van der Waals surface area contributed by atoms with E-state index >= 15 is 0 Å². The predicted octanol–water partition coefficient (Wildman–Crippen LogP) is 8.21. The number of non-ortho nitro benzene ring substituents is 1. The molecule has 0 aliphatic carbocycles. The Morgan fingerprint density at radius 2 is 1.21 bits per heavy atom. The van der Waals surface area contributed by atoms with Crippen LogP contribution in [0.3, 0.4) is 0 Å². The van der Waals surface area contributed by atoms with Gasteiger partial charge in [-0.3, -0.25) is 14.8 Å². The first-order chi connectivity index (χ1) is 24.0. The molecule has 52 heavy (non-hydrogen) atoms. The lowest BCUT2D eigenvalue weighted by Gasteiger charge is -2.32. The second-order valence-electron chi connectivity index (χ2n) is 15.2. The number of hydrogen-bond donors (Lipinski definition) is 0. The monoisotopic (exact) mass is 781 g/mol. The van der Waals surface area contributed by atoms with Crippen molar-refractivity contribution in [2.75, 3.05) is 0 Å². The van der Waals surface area contributed by atoms with Crippen LogP contribution in [-0.2, 0) is 25.7 Å². The van der Waals surface area contributed by atoms with Crippen LogP contribution in [0.1, 0.15) is 83.1 Å². The first-order valence-electron chi connectivity index (χ1n) is 17.3. The molecule has 2 aliphatic heterocycles. The fourth-order valence-electron chi connectivity index (χ4n) is 5.13. The van der Waals surface area contributed by atoms with Crippen LogP contribution in [-0.4, -0.2) is 73.3 Å². The van der Waals surface area contributed by atoms with Crippen molar-refractivity contribution < 1.29 is 33.0 Å². The molecule has 2 saturated heterocycles. The maximum absolute atomic E-state index is 11.0. The Morgan fingerprint density at radius 1 is 0.750 bits per heavy atom. The predicted molar refractivity (Wildman–Crippen MR) is 206 cm³/mol. The average molecular weight is 782 g/mol. The molecular formula is C36H50B2BrN5O8. The molecule has 0 amide bonds. The van der Waals surface area contributed by atoms with Crippen molar-refractivity contribution in [1.82, 2.24) is 19.7 Å². The van der Waals surface area contributed by atoms with Gasteiger partial charge < -0.3 is 28.1 Å². The van der Waals surface area contributed by atoms with Gasteiger partial charge in [-0.05, 0) is 101 Å². The number of hydrogen-bond acceptors (Lipinski definition) is 11. The Labute approximate surface area is 315 Å². The molecule has 0 saturated carbocycles.